The summed E-state index contributed by atoms with van der Waals surface area (Å²) in [5.74, 6) is 0.499. The molecule has 0 rings (SSSR count). The first-order chi connectivity index (χ1) is 8.40. The molecule has 0 radical (unpaired) electrons. The summed E-state index contributed by atoms with van der Waals surface area (Å²) in [5, 5.41) is 3.27. The van der Waals surface area contributed by atoms with Gasteiger partial charge < -0.3 is 15.0 Å². The Bertz CT molecular complexity index is 232. The molecule has 0 aromatic heterocycles. The molecule has 0 heterocycles. The van der Waals surface area contributed by atoms with Crippen molar-refractivity contribution in [3.8, 4) is 0 Å². The molecule has 0 bridgehead atoms. The molecule has 4 nitrogen and oxygen atoms in total. The maximum absolute atomic E-state index is 11.9. The maximum Gasteiger partial charge on any atom is 0.324 e. The third-order valence-electron chi connectivity index (χ3n) is 2.92. The maximum atomic E-state index is 11.9. The number of carbonyl (C=O) groups is 1. The number of ether oxygens (including phenoxy) is 1. The molecule has 0 fully saturated rings. The Kier molecular flexibility index (Phi) is 9.02. The van der Waals surface area contributed by atoms with E-state index in [1.165, 1.54) is 0 Å². The number of hydrogen-bond acceptors (Lipinski definition) is 4. The van der Waals surface area contributed by atoms with E-state index in [2.05, 4.69) is 31.1 Å². The van der Waals surface area contributed by atoms with Crippen LogP contribution in [0, 0.1) is 5.92 Å². The van der Waals surface area contributed by atoms with Crippen molar-refractivity contribution in [2.75, 3.05) is 26.7 Å². The number of rotatable bonds is 9. The van der Waals surface area contributed by atoms with Gasteiger partial charge >= 0.3 is 5.97 Å². The number of esters is 1. The first-order valence-corrected chi connectivity index (χ1v) is 7.01. The third-order valence-corrected chi connectivity index (χ3v) is 2.92. The van der Waals surface area contributed by atoms with Gasteiger partial charge in [-0.15, -0.1) is 0 Å². The van der Waals surface area contributed by atoms with Crippen molar-refractivity contribution in [1.82, 2.24) is 10.2 Å². The Morgan fingerprint density at radius 3 is 2.28 bits per heavy atom. The molecule has 0 aromatic carbocycles. The average Bonchev–Trinajstić information content (AvgIpc) is 2.27. The number of carbonyl (C=O) groups excluding carboxylic acids is 1. The lowest BCUT2D eigenvalue weighted by Gasteiger charge is -2.26. The van der Waals surface area contributed by atoms with Gasteiger partial charge in [0.2, 0.25) is 0 Å². The standard InChI is InChI=1S/C14H30N2O2/c1-7-12(5)9-16(6)10-13(15-11(3)4)14(17)18-8-2/h11-13,15H,7-10H2,1-6H3. The van der Waals surface area contributed by atoms with Crippen LogP contribution in [-0.4, -0.2) is 49.7 Å². The van der Waals surface area contributed by atoms with E-state index in [-0.39, 0.29) is 18.1 Å². The summed E-state index contributed by atoms with van der Waals surface area (Å²) in [7, 11) is 2.06. The van der Waals surface area contributed by atoms with Gasteiger partial charge in [-0.1, -0.05) is 34.1 Å². The zero-order valence-corrected chi connectivity index (χ0v) is 12.8. The second-order valence-electron chi connectivity index (χ2n) is 5.36. The van der Waals surface area contributed by atoms with Crippen LogP contribution in [0.5, 0.6) is 0 Å². The van der Waals surface area contributed by atoms with Crippen LogP contribution in [0.15, 0.2) is 0 Å². The molecule has 2 unspecified atom stereocenters. The highest BCUT2D eigenvalue weighted by molar-refractivity contribution is 5.76. The van der Waals surface area contributed by atoms with Gasteiger partial charge in [-0.05, 0) is 19.9 Å². The van der Waals surface area contributed by atoms with Crippen molar-refractivity contribution < 1.29 is 9.53 Å². The highest BCUT2D eigenvalue weighted by Gasteiger charge is 2.22. The second kappa shape index (κ2) is 9.34. The van der Waals surface area contributed by atoms with Crippen molar-refractivity contribution in [2.24, 2.45) is 5.92 Å². The van der Waals surface area contributed by atoms with Gasteiger partial charge in [0, 0.05) is 19.1 Å². The van der Waals surface area contributed by atoms with Crippen molar-refractivity contribution >= 4 is 5.97 Å². The molecule has 0 amide bonds. The SMILES string of the molecule is CCOC(=O)C(CN(C)CC(C)CC)NC(C)C. The van der Waals surface area contributed by atoms with Crippen molar-refractivity contribution in [1.29, 1.82) is 0 Å². The molecule has 0 aliphatic rings. The van der Waals surface area contributed by atoms with Gasteiger partial charge in [0.15, 0.2) is 0 Å². The summed E-state index contributed by atoms with van der Waals surface area (Å²) in [5.41, 5.74) is 0. The van der Waals surface area contributed by atoms with Crippen LogP contribution in [0.25, 0.3) is 0 Å². The fourth-order valence-corrected chi connectivity index (χ4v) is 1.89. The molecule has 0 aromatic rings. The molecule has 0 aliphatic heterocycles. The van der Waals surface area contributed by atoms with Crippen molar-refractivity contribution in [3.63, 3.8) is 0 Å². The Morgan fingerprint density at radius 1 is 1.22 bits per heavy atom. The normalized spacial score (nSPS) is 14.9. The van der Waals surface area contributed by atoms with Crippen molar-refractivity contribution in [2.45, 2.75) is 53.1 Å². The van der Waals surface area contributed by atoms with Crippen LogP contribution in [0.3, 0.4) is 0 Å². The quantitative estimate of drug-likeness (QED) is 0.641. The number of nitrogens with one attached hydrogen (secondary N) is 1. The molecular formula is C14H30N2O2. The third kappa shape index (κ3) is 7.67. The molecule has 108 valence electrons. The van der Waals surface area contributed by atoms with Crippen LogP contribution >= 0.6 is 0 Å². The summed E-state index contributed by atoms with van der Waals surface area (Å²) < 4.78 is 5.11. The Morgan fingerprint density at radius 2 is 1.83 bits per heavy atom. The lowest BCUT2D eigenvalue weighted by molar-refractivity contribution is -0.146. The van der Waals surface area contributed by atoms with Crippen LogP contribution in [-0.2, 0) is 9.53 Å². The summed E-state index contributed by atoms with van der Waals surface area (Å²) in [6.45, 7) is 12.5. The Hall–Kier alpha value is -0.610. The highest BCUT2D eigenvalue weighted by Crippen LogP contribution is 2.04. The van der Waals surface area contributed by atoms with E-state index in [1.54, 1.807) is 0 Å². The van der Waals surface area contributed by atoms with E-state index in [1.807, 2.05) is 20.8 Å². The van der Waals surface area contributed by atoms with Crippen LogP contribution < -0.4 is 5.32 Å². The molecule has 1 N–H and O–H groups in total. The molecule has 0 spiro atoms. The van der Waals surface area contributed by atoms with Crippen LogP contribution in [0.4, 0.5) is 0 Å². The first kappa shape index (κ1) is 17.4. The molecule has 4 heteroatoms. The van der Waals surface area contributed by atoms with E-state index >= 15 is 0 Å². The zero-order valence-electron chi connectivity index (χ0n) is 12.8. The van der Waals surface area contributed by atoms with Gasteiger partial charge in [0.1, 0.15) is 6.04 Å². The Labute approximate surface area is 112 Å². The van der Waals surface area contributed by atoms with Crippen molar-refractivity contribution in [3.05, 3.63) is 0 Å². The summed E-state index contributed by atoms with van der Waals surface area (Å²) in [6.07, 6.45) is 1.16. The monoisotopic (exact) mass is 258 g/mol. The molecule has 18 heavy (non-hydrogen) atoms. The largest absolute Gasteiger partial charge is 0.465 e. The number of likely N-dealkylation sites (N-methyl/N-ethyl adjacent to an activating group) is 1. The smallest absolute Gasteiger partial charge is 0.324 e. The molecule has 2 atom stereocenters. The van der Waals surface area contributed by atoms with Gasteiger partial charge in [-0.2, -0.15) is 0 Å². The first-order valence-electron chi connectivity index (χ1n) is 7.01. The topological polar surface area (TPSA) is 41.6 Å². The average molecular weight is 258 g/mol. The lowest BCUT2D eigenvalue weighted by atomic mass is 10.1. The predicted octanol–water partition coefficient (Wildman–Crippen LogP) is 1.89. The zero-order chi connectivity index (χ0) is 14.1. The highest BCUT2D eigenvalue weighted by atomic mass is 16.5. The fourth-order valence-electron chi connectivity index (χ4n) is 1.89. The minimum atomic E-state index is -0.237. The summed E-state index contributed by atoms with van der Waals surface area (Å²) in [6, 6.07) is 0.0374. The molecular weight excluding hydrogens is 228 g/mol. The van der Waals surface area contributed by atoms with Gasteiger partial charge in [0.25, 0.3) is 0 Å². The van der Waals surface area contributed by atoms with Gasteiger partial charge in [-0.3, -0.25) is 4.79 Å². The van der Waals surface area contributed by atoms with Gasteiger partial charge in [-0.25, -0.2) is 0 Å². The minimum Gasteiger partial charge on any atom is -0.465 e. The number of hydrogen-bond donors (Lipinski definition) is 1. The van der Waals surface area contributed by atoms with E-state index < -0.39 is 0 Å². The van der Waals surface area contributed by atoms with Crippen LogP contribution in [0.2, 0.25) is 0 Å². The molecule has 0 aliphatic carbocycles. The fraction of sp³-hybridized carbons (Fsp3) is 0.929. The summed E-state index contributed by atoms with van der Waals surface area (Å²) >= 11 is 0. The minimum absolute atomic E-state index is 0.151. The number of nitrogens with zero attached hydrogens (tertiary/aromatic N) is 1. The van der Waals surface area contributed by atoms with Crippen LogP contribution in [0.1, 0.15) is 41.0 Å². The Balaban J connectivity index is 4.34. The predicted molar refractivity (Wildman–Crippen MR) is 75.6 cm³/mol. The van der Waals surface area contributed by atoms with Gasteiger partial charge in [0.05, 0.1) is 6.61 Å². The van der Waals surface area contributed by atoms with E-state index in [9.17, 15) is 4.79 Å². The van der Waals surface area contributed by atoms with E-state index in [0.717, 1.165) is 13.0 Å². The van der Waals surface area contributed by atoms with E-state index in [4.69, 9.17) is 4.74 Å². The lowest BCUT2D eigenvalue weighted by Crippen LogP contribution is -2.49. The summed E-state index contributed by atoms with van der Waals surface area (Å²) in [4.78, 5) is 14.1. The van der Waals surface area contributed by atoms with E-state index in [0.29, 0.717) is 19.1 Å². The molecule has 0 saturated carbocycles. The second-order valence-corrected chi connectivity index (χ2v) is 5.36. The molecule has 0 saturated heterocycles.